The van der Waals surface area contributed by atoms with Crippen LogP contribution in [0.15, 0.2) is 28.3 Å². The molecule has 0 saturated carbocycles. The number of carbonyl (C=O) groups excluding carboxylic acids is 1. The van der Waals surface area contributed by atoms with Crippen molar-refractivity contribution < 1.29 is 14.3 Å². The zero-order chi connectivity index (χ0) is 14.5. The van der Waals surface area contributed by atoms with Crippen LogP contribution in [0.5, 0.6) is 11.5 Å². The largest absolute Gasteiger partial charge is 0.493 e. The Morgan fingerprint density at radius 1 is 1.35 bits per heavy atom. The van der Waals surface area contributed by atoms with E-state index in [1.54, 1.807) is 33.4 Å². The quantitative estimate of drug-likeness (QED) is 0.860. The lowest BCUT2D eigenvalue weighted by atomic mass is 10.2. The first-order chi connectivity index (χ1) is 9.63. The van der Waals surface area contributed by atoms with Gasteiger partial charge in [-0.15, -0.1) is 5.10 Å². The van der Waals surface area contributed by atoms with Crippen molar-refractivity contribution in [1.82, 2.24) is 5.43 Å². The Balaban J connectivity index is 2.14. The highest BCUT2D eigenvalue weighted by molar-refractivity contribution is 8.15. The second-order valence-corrected chi connectivity index (χ2v) is 5.31. The molecule has 7 heteroatoms. The standard InChI is InChI=1S/C13H15N3O3S/c1-8-12(17)15-16-13(20-8)14-7-9-4-5-10(18-2)11(6-9)19-3/h4-8H,1-3H3,(H,15,17)/t8-/m1/s1. The van der Waals surface area contributed by atoms with Crippen molar-refractivity contribution in [3.8, 4) is 11.5 Å². The Morgan fingerprint density at radius 2 is 2.10 bits per heavy atom. The van der Waals surface area contributed by atoms with E-state index in [-0.39, 0.29) is 11.2 Å². The molecule has 1 N–H and O–H groups in total. The molecule has 0 spiro atoms. The highest BCUT2D eigenvalue weighted by atomic mass is 32.2. The van der Waals surface area contributed by atoms with Crippen LogP contribution in [0.2, 0.25) is 0 Å². The van der Waals surface area contributed by atoms with E-state index in [1.165, 1.54) is 11.8 Å². The van der Waals surface area contributed by atoms with Crippen molar-refractivity contribution in [3.05, 3.63) is 23.8 Å². The lowest BCUT2D eigenvalue weighted by Crippen LogP contribution is -2.32. The highest BCUT2D eigenvalue weighted by Crippen LogP contribution is 2.27. The monoisotopic (exact) mass is 293 g/mol. The normalized spacial score (nSPS) is 18.6. The Labute approximate surface area is 121 Å². The molecule has 0 aliphatic carbocycles. The number of thioether (sulfide) groups is 1. The topological polar surface area (TPSA) is 72.3 Å². The molecule has 1 aliphatic rings. The van der Waals surface area contributed by atoms with Gasteiger partial charge in [0.15, 0.2) is 11.5 Å². The smallest absolute Gasteiger partial charge is 0.253 e. The minimum Gasteiger partial charge on any atom is -0.493 e. The third-order valence-corrected chi connectivity index (χ3v) is 3.62. The van der Waals surface area contributed by atoms with E-state index in [0.29, 0.717) is 16.7 Å². The number of ether oxygens (including phenoxy) is 2. The lowest BCUT2D eigenvalue weighted by molar-refractivity contribution is -0.120. The molecule has 1 atom stereocenters. The predicted molar refractivity (Wildman–Crippen MR) is 79.8 cm³/mol. The van der Waals surface area contributed by atoms with Crippen LogP contribution in [0, 0.1) is 0 Å². The van der Waals surface area contributed by atoms with Crippen molar-refractivity contribution in [1.29, 1.82) is 0 Å². The van der Waals surface area contributed by atoms with Gasteiger partial charge in [-0.05, 0) is 30.7 Å². The van der Waals surface area contributed by atoms with Crippen LogP contribution in [0.3, 0.4) is 0 Å². The first kappa shape index (κ1) is 14.4. The molecule has 1 amide bonds. The van der Waals surface area contributed by atoms with Gasteiger partial charge in [-0.2, -0.15) is 0 Å². The molecular weight excluding hydrogens is 278 g/mol. The van der Waals surface area contributed by atoms with Crippen molar-refractivity contribution in [3.63, 3.8) is 0 Å². The summed E-state index contributed by atoms with van der Waals surface area (Å²) in [4.78, 5) is 15.5. The number of aliphatic imine (C=N–C) groups is 1. The average molecular weight is 293 g/mol. The van der Waals surface area contributed by atoms with Crippen LogP contribution in [0.25, 0.3) is 0 Å². The summed E-state index contributed by atoms with van der Waals surface area (Å²) in [6.45, 7) is 1.81. The second kappa shape index (κ2) is 6.42. The Morgan fingerprint density at radius 3 is 2.75 bits per heavy atom. The minimum absolute atomic E-state index is 0.111. The summed E-state index contributed by atoms with van der Waals surface area (Å²) in [6.07, 6.45) is 1.66. The van der Waals surface area contributed by atoms with E-state index in [4.69, 9.17) is 9.47 Å². The van der Waals surface area contributed by atoms with Crippen molar-refractivity contribution >= 4 is 29.1 Å². The summed E-state index contributed by atoms with van der Waals surface area (Å²) >= 11 is 1.32. The van der Waals surface area contributed by atoms with Crippen LogP contribution >= 0.6 is 11.8 Å². The van der Waals surface area contributed by atoms with Crippen molar-refractivity contribution in [2.75, 3.05) is 14.2 Å². The fraction of sp³-hybridized carbons (Fsp3) is 0.308. The van der Waals surface area contributed by atoms with Crippen LogP contribution in [-0.4, -0.2) is 36.8 Å². The van der Waals surface area contributed by atoms with E-state index < -0.39 is 0 Å². The van der Waals surface area contributed by atoms with E-state index in [1.807, 2.05) is 12.1 Å². The Hall–Kier alpha value is -2.02. The number of hydrogen-bond acceptors (Lipinski definition) is 6. The third-order valence-electron chi connectivity index (χ3n) is 2.64. The molecule has 6 nitrogen and oxygen atoms in total. The Kier molecular flexibility index (Phi) is 4.62. The number of nitrogens with zero attached hydrogens (tertiary/aromatic N) is 2. The van der Waals surface area contributed by atoms with Gasteiger partial charge in [0.25, 0.3) is 5.91 Å². The van der Waals surface area contributed by atoms with Gasteiger partial charge >= 0.3 is 0 Å². The van der Waals surface area contributed by atoms with Gasteiger partial charge in [0, 0.05) is 6.21 Å². The van der Waals surface area contributed by atoms with Crippen LogP contribution < -0.4 is 14.9 Å². The molecule has 1 aromatic rings. The number of benzene rings is 1. The van der Waals surface area contributed by atoms with Gasteiger partial charge in [0.2, 0.25) is 5.17 Å². The molecule has 1 aliphatic heterocycles. The number of hydrogen-bond donors (Lipinski definition) is 1. The number of amides is 1. The summed E-state index contributed by atoms with van der Waals surface area (Å²) in [5.74, 6) is 1.19. The Bertz CT molecular complexity index is 572. The minimum atomic E-state index is -0.190. The van der Waals surface area contributed by atoms with Gasteiger partial charge < -0.3 is 9.47 Å². The number of carbonyl (C=O) groups is 1. The lowest BCUT2D eigenvalue weighted by Gasteiger charge is -2.13. The molecule has 20 heavy (non-hydrogen) atoms. The van der Waals surface area contributed by atoms with E-state index in [0.717, 1.165) is 5.56 Å². The fourth-order valence-electron chi connectivity index (χ4n) is 1.55. The van der Waals surface area contributed by atoms with Gasteiger partial charge in [0.05, 0.1) is 19.5 Å². The van der Waals surface area contributed by atoms with Crippen molar-refractivity contribution in [2.24, 2.45) is 10.1 Å². The van der Waals surface area contributed by atoms with E-state index in [2.05, 4.69) is 15.5 Å². The summed E-state index contributed by atoms with van der Waals surface area (Å²) < 4.78 is 10.4. The number of amidine groups is 1. The third kappa shape index (κ3) is 3.30. The first-order valence-corrected chi connectivity index (χ1v) is 6.82. The maximum Gasteiger partial charge on any atom is 0.253 e. The van der Waals surface area contributed by atoms with E-state index in [9.17, 15) is 4.79 Å². The SMILES string of the molecule is COc1ccc(C=NC2=NNC(=O)[C@@H](C)S2)cc1OC. The number of nitrogens with one attached hydrogen (secondary N) is 1. The zero-order valence-electron chi connectivity index (χ0n) is 11.4. The maximum atomic E-state index is 11.2. The summed E-state index contributed by atoms with van der Waals surface area (Å²) in [7, 11) is 3.17. The molecule has 1 heterocycles. The number of rotatable bonds is 3. The molecule has 2 rings (SSSR count). The molecule has 1 aromatic carbocycles. The van der Waals surface area contributed by atoms with Gasteiger partial charge in [-0.25, -0.2) is 10.4 Å². The molecule has 0 bridgehead atoms. The average Bonchev–Trinajstić information content (AvgIpc) is 2.48. The molecule has 0 fully saturated rings. The van der Waals surface area contributed by atoms with Gasteiger partial charge in [-0.3, -0.25) is 4.79 Å². The molecular formula is C13H15N3O3S. The van der Waals surface area contributed by atoms with Gasteiger partial charge in [0.1, 0.15) is 0 Å². The van der Waals surface area contributed by atoms with Crippen LogP contribution in [0.4, 0.5) is 0 Å². The molecule has 0 unspecified atom stereocenters. The summed E-state index contributed by atoms with van der Waals surface area (Å²) in [5, 5.41) is 4.21. The van der Waals surface area contributed by atoms with Crippen LogP contribution in [-0.2, 0) is 4.79 Å². The van der Waals surface area contributed by atoms with Crippen LogP contribution in [0.1, 0.15) is 12.5 Å². The predicted octanol–water partition coefficient (Wildman–Crippen LogP) is 1.65. The molecule has 0 saturated heterocycles. The molecule has 0 radical (unpaired) electrons. The second-order valence-electron chi connectivity index (χ2n) is 4.00. The summed E-state index contributed by atoms with van der Waals surface area (Å²) in [5.41, 5.74) is 3.29. The summed E-state index contributed by atoms with van der Waals surface area (Å²) in [6, 6.07) is 5.49. The maximum absolute atomic E-state index is 11.2. The first-order valence-electron chi connectivity index (χ1n) is 5.94. The molecule has 106 valence electrons. The number of hydrazone groups is 1. The fourth-order valence-corrected chi connectivity index (χ4v) is 2.24. The number of methoxy groups -OCH3 is 2. The van der Waals surface area contributed by atoms with E-state index >= 15 is 0 Å². The molecule has 0 aromatic heterocycles. The zero-order valence-corrected chi connectivity index (χ0v) is 12.2. The van der Waals surface area contributed by atoms with Gasteiger partial charge in [-0.1, -0.05) is 11.8 Å². The van der Waals surface area contributed by atoms with Crippen molar-refractivity contribution in [2.45, 2.75) is 12.2 Å². The highest BCUT2D eigenvalue weighted by Gasteiger charge is 2.20.